The summed E-state index contributed by atoms with van der Waals surface area (Å²) in [7, 11) is 0. The Kier molecular flexibility index (Phi) is 13.8. The predicted molar refractivity (Wildman–Crippen MR) is 155 cm³/mol. The van der Waals surface area contributed by atoms with Crippen molar-refractivity contribution >= 4 is 70.6 Å². The van der Waals surface area contributed by atoms with Gasteiger partial charge in [-0.1, -0.05) is 94.3 Å². The van der Waals surface area contributed by atoms with Crippen LogP contribution in [0.25, 0.3) is 0 Å². The zero-order chi connectivity index (χ0) is 29.1. The van der Waals surface area contributed by atoms with Gasteiger partial charge in [-0.3, -0.25) is 9.59 Å². The fourth-order valence-electron chi connectivity index (χ4n) is 2.98. The van der Waals surface area contributed by atoms with Gasteiger partial charge in [-0.15, -0.1) is 0 Å². The Balaban J connectivity index is 0.000000280. The van der Waals surface area contributed by atoms with Crippen LogP contribution >= 0.6 is 46.4 Å². The van der Waals surface area contributed by atoms with E-state index in [2.05, 4.69) is 21.1 Å². The van der Waals surface area contributed by atoms with Crippen molar-refractivity contribution in [1.29, 1.82) is 0 Å². The number of hydrogen-bond donors (Lipinski definition) is 2. The molecule has 41 heavy (non-hydrogen) atoms. The zero-order valence-electron chi connectivity index (χ0n) is 21.0. The first-order valence-electron chi connectivity index (χ1n) is 11.2. The van der Waals surface area contributed by atoms with E-state index in [0.29, 0.717) is 21.2 Å². The van der Waals surface area contributed by atoms with Crippen LogP contribution in [0.15, 0.2) is 95.1 Å². The third kappa shape index (κ3) is 10.5. The van der Waals surface area contributed by atoms with Gasteiger partial charge in [-0.25, -0.2) is 10.9 Å². The van der Waals surface area contributed by atoms with Crippen molar-refractivity contribution in [2.45, 2.75) is 0 Å². The molecular formula is C28H18Cl4N4O4Zn. The number of carbonyl (C=O) groups excluding carboxylic acids is 2. The van der Waals surface area contributed by atoms with Crippen LogP contribution in [-0.4, -0.2) is 24.2 Å². The minimum Gasteiger partial charge on any atom is -0.871 e. The number of hydrogen-bond acceptors (Lipinski definition) is 6. The van der Waals surface area contributed by atoms with Crippen molar-refractivity contribution < 1.29 is 39.3 Å². The standard InChI is InChI=1S/2C14H10Cl2N2O2.Zn/c2*15-11-6-10(13(19)12(16)7-11)8-17-18-14(20)9-4-2-1-3-5-9;/h2*1-8,19H,(H,18,20);/q;;+2/p-2/b17-8+;17-8-;. The summed E-state index contributed by atoms with van der Waals surface area (Å²) in [6, 6.07) is 22.7. The van der Waals surface area contributed by atoms with Gasteiger partial charge in [-0.05, 0) is 59.7 Å². The number of hydrazone groups is 2. The van der Waals surface area contributed by atoms with Crippen LogP contribution in [-0.2, 0) is 19.5 Å². The van der Waals surface area contributed by atoms with E-state index in [1.165, 1.54) is 36.7 Å². The largest absolute Gasteiger partial charge is 2.00 e. The number of amides is 2. The molecule has 0 spiro atoms. The summed E-state index contributed by atoms with van der Waals surface area (Å²) in [4.78, 5) is 23.4. The topological polar surface area (TPSA) is 129 Å². The van der Waals surface area contributed by atoms with Crippen LogP contribution in [0, 0.1) is 0 Å². The Hall–Kier alpha value is -3.46. The van der Waals surface area contributed by atoms with E-state index >= 15 is 0 Å². The smallest absolute Gasteiger partial charge is 0.871 e. The number of halogens is 4. The number of benzene rings is 4. The molecule has 0 atom stereocenters. The Morgan fingerprint density at radius 2 is 0.951 bits per heavy atom. The minimum absolute atomic E-state index is 0. The molecule has 0 aliphatic carbocycles. The van der Waals surface area contributed by atoms with Crippen LogP contribution in [0.3, 0.4) is 0 Å². The van der Waals surface area contributed by atoms with Gasteiger partial charge in [0.05, 0.1) is 12.4 Å². The van der Waals surface area contributed by atoms with E-state index in [4.69, 9.17) is 46.4 Å². The Bertz CT molecular complexity index is 1440. The van der Waals surface area contributed by atoms with Crippen molar-refractivity contribution in [1.82, 2.24) is 10.9 Å². The first kappa shape index (κ1) is 33.7. The second kappa shape index (κ2) is 16.7. The van der Waals surface area contributed by atoms with Crippen LogP contribution in [0.1, 0.15) is 31.8 Å². The van der Waals surface area contributed by atoms with Crippen LogP contribution in [0.2, 0.25) is 20.1 Å². The van der Waals surface area contributed by atoms with Gasteiger partial charge in [0.2, 0.25) is 0 Å². The maximum Gasteiger partial charge on any atom is 2.00 e. The summed E-state index contributed by atoms with van der Waals surface area (Å²) in [6.45, 7) is 0. The second-order valence-electron chi connectivity index (χ2n) is 7.74. The predicted octanol–water partition coefficient (Wildman–Crippen LogP) is 5.66. The fourth-order valence-corrected chi connectivity index (χ4v) is 4.00. The number of carbonyl (C=O) groups is 2. The molecule has 0 fully saturated rings. The molecule has 0 radical (unpaired) electrons. The molecule has 0 aromatic heterocycles. The first-order valence-corrected chi connectivity index (χ1v) is 12.8. The third-order valence-electron chi connectivity index (χ3n) is 4.89. The molecule has 2 N–H and O–H groups in total. The van der Waals surface area contributed by atoms with E-state index in [9.17, 15) is 19.8 Å². The van der Waals surface area contributed by atoms with E-state index < -0.39 is 11.5 Å². The molecule has 4 aromatic rings. The molecule has 13 heteroatoms. The monoisotopic (exact) mass is 678 g/mol. The number of nitrogens with one attached hydrogen (secondary N) is 2. The molecule has 2 amide bonds. The summed E-state index contributed by atoms with van der Waals surface area (Å²) < 4.78 is 0. The molecule has 0 aliphatic rings. The zero-order valence-corrected chi connectivity index (χ0v) is 27.0. The van der Waals surface area contributed by atoms with Gasteiger partial charge in [0.1, 0.15) is 0 Å². The van der Waals surface area contributed by atoms with Crippen molar-refractivity contribution in [2.75, 3.05) is 0 Å². The number of nitrogens with zero attached hydrogens (tertiary/aromatic N) is 2. The normalized spacial score (nSPS) is 10.4. The molecule has 204 valence electrons. The minimum atomic E-state index is -0.395. The summed E-state index contributed by atoms with van der Waals surface area (Å²) in [6.07, 6.45) is 2.42. The van der Waals surface area contributed by atoms with Crippen molar-refractivity contribution in [2.24, 2.45) is 10.2 Å². The summed E-state index contributed by atoms with van der Waals surface area (Å²) >= 11 is 23.0. The first-order chi connectivity index (χ1) is 19.2. The van der Waals surface area contributed by atoms with Gasteiger partial charge in [0, 0.05) is 31.2 Å². The van der Waals surface area contributed by atoms with Crippen LogP contribution < -0.4 is 21.1 Å². The Morgan fingerprint density at radius 1 is 0.610 bits per heavy atom. The van der Waals surface area contributed by atoms with E-state index in [0.717, 1.165) is 0 Å². The molecule has 0 saturated heterocycles. The van der Waals surface area contributed by atoms with Crippen molar-refractivity contribution in [3.8, 4) is 11.5 Å². The molecule has 4 aromatic carbocycles. The van der Waals surface area contributed by atoms with E-state index in [-0.39, 0.29) is 52.5 Å². The van der Waals surface area contributed by atoms with Crippen molar-refractivity contribution in [3.05, 3.63) is 127 Å². The maximum absolute atomic E-state index is 11.7. The second-order valence-corrected chi connectivity index (χ2v) is 9.43. The van der Waals surface area contributed by atoms with Gasteiger partial charge in [-0.2, -0.15) is 10.2 Å². The third-order valence-corrected chi connectivity index (χ3v) is 5.88. The van der Waals surface area contributed by atoms with Crippen molar-refractivity contribution in [3.63, 3.8) is 0 Å². The Morgan fingerprint density at radius 3 is 1.29 bits per heavy atom. The van der Waals surface area contributed by atoms with Gasteiger partial charge in [0.15, 0.2) is 0 Å². The molecule has 0 saturated carbocycles. The van der Waals surface area contributed by atoms with Gasteiger partial charge in [0.25, 0.3) is 11.8 Å². The van der Waals surface area contributed by atoms with Gasteiger partial charge >= 0.3 is 19.5 Å². The maximum atomic E-state index is 11.7. The SMILES string of the molecule is O=C(N/N=C/c1cc(Cl)cc(Cl)c1[O-])c1ccccc1.O=C(N/N=C\c1cc(Cl)cc(Cl)c1[O-])c1ccccc1.[Zn+2]. The number of rotatable bonds is 6. The van der Waals surface area contributed by atoms with E-state index in [1.807, 2.05) is 0 Å². The van der Waals surface area contributed by atoms with E-state index in [1.54, 1.807) is 60.7 Å². The van der Waals surface area contributed by atoms with Gasteiger partial charge < -0.3 is 10.2 Å². The summed E-state index contributed by atoms with van der Waals surface area (Å²) in [5, 5.41) is 31.4. The molecule has 4 rings (SSSR count). The van der Waals surface area contributed by atoms with Crippen LogP contribution in [0.5, 0.6) is 11.5 Å². The fraction of sp³-hybridized carbons (Fsp3) is 0. The average Bonchev–Trinajstić information content (AvgIpc) is 2.95. The molecular weight excluding hydrogens is 664 g/mol. The molecule has 0 bridgehead atoms. The van der Waals surface area contributed by atoms with Crippen LogP contribution in [0.4, 0.5) is 0 Å². The quantitative estimate of drug-likeness (QED) is 0.155. The molecule has 8 nitrogen and oxygen atoms in total. The molecule has 0 aliphatic heterocycles. The summed E-state index contributed by atoms with van der Waals surface area (Å²) in [5.41, 5.74) is 5.98. The molecule has 0 unspecified atom stereocenters. The Labute approximate surface area is 268 Å². The molecule has 0 heterocycles. The summed E-state index contributed by atoms with van der Waals surface area (Å²) in [5.74, 6) is -1.53. The average molecular weight is 682 g/mol.